The summed E-state index contributed by atoms with van der Waals surface area (Å²) in [6, 6.07) is 10.4. The minimum Gasteiger partial charge on any atom is -0.483 e. The van der Waals surface area contributed by atoms with Gasteiger partial charge in [0.25, 0.3) is 5.91 Å². The molecule has 1 heterocycles. The number of hydrogen-bond donors (Lipinski definition) is 1. The fourth-order valence-corrected chi connectivity index (χ4v) is 4.25. The summed E-state index contributed by atoms with van der Waals surface area (Å²) >= 11 is 0. The number of sulfone groups is 1. The number of carbonyl (C=O) groups is 2. The molecule has 2 aromatic rings. The lowest BCUT2D eigenvalue weighted by atomic mass is 10.1. The Morgan fingerprint density at radius 2 is 1.90 bits per heavy atom. The van der Waals surface area contributed by atoms with E-state index in [4.69, 9.17) is 4.74 Å². The molecule has 1 aliphatic rings. The van der Waals surface area contributed by atoms with Crippen molar-refractivity contribution in [1.29, 1.82) is 0 Å². The van der Waals surface area contributed by atoms with E-state index in [9.17, 15) is 22.4 Å². The maximum atomic E-state index is 13.5. The highest BCUT2D eigenvalue weighted by Crippen LogP contribution is 2.24. The van der Waals surface area contributed by atoms with Crippen LogP contribution in [0.4, 0.5) is 4.39 Å². The third-order valence-electron chi connectivity index (χ3n) is 5.03. The number of carbonyl (C=O) groups excluding carboxylic acids is 2. The van der Waals surface area contributed by atoms with Gasteiger partial charge in [0.2, 0.25) is 5.91 Å². The summed E-state index contributed by atoms with van der Waals surface area (Å²) in [7, 11) is -3.35. The van der Waals surface area contributed by atoms with Crippen molar-refractivity contribution in [3.63, 3.8) is 0 Å². The van der Waals surface area contributed by atoms with E-state index < -0.39 is 20.9 Å². The number of halogens is 1. The van der Waals surface area contributed by atoms with Gasteiger partial charge in [-0.2, -0.15) is 0 Å². The van der Waals surface area contributed by atoms with Crippen LogP contribution in [0.2, 0.25) is 0 Å². The lowest BCUT2D eigenvalue weighted by Gasteiger charge is -2.20. The molecule has 0 saturated carbocycles. The second-order valence-corrected chi connectivity index (χ2v) is 10.1. The Balaban J connectivity index is 1.52. The number of benzene rings is 2. The summed E-state index contributed by atoms with van der Waals surface area (Å²) in [6.07, 6.45) is 0.0904. The Labute approximate surface area is 181 Å². The van der Waals surface area contributed by atoms with Crippen molar-refractivity contribution in [1.82, 2.24) is 10.2 Å². The first-order valence-corrected chi connectivity index (χ1v) is 11.5. The first-order chi connectivity index (χ1) is 14.7. The standard InChI is InChI=1S/C22H25FN2O5S/c1-15(2)31(28,29)19-6-3-16(4-7-19)11-21(26)24-9-10-25-13-17-12-18(23)5-8-20(17)30-14-22(25)27/h3-8,12,15H,9-11,13-14H2,1-2H3,(H,24,26). The maximum absolute atomic E-state index is 13.5. The average molecular weight is 449 g/mol. The van der Waals surface area contributed by atoms with E-state index in [1.807, 2.05) is 0 Å². The molecule has 31 heavy (non-hydrogen) atoms. The second-order valence-electron chi connectivity index (χ2n) is 7.62. The predicted octanol–water partition coefficient (Wildman–Crippen LogP) is 2.09. The highest BCUT2D eigenvalue weighted by molar-refractivity contribution is 7.92. The minimum atomic E-state index is -3.35. The van der Waals surface area contributed by atoms with Crippen molar-refractivity contribution in [3.8, 4) is 5.75 Å². The van der Waals surface area contributed by atoms with E-state index >= 15 is 0 Å². The van der Waals surface area contributed by atoms with Gasteiger partial charge in [0.05, 0.1) is 16.6 Å². The quantitative estimate of drug-likeness (QED) is 0.700. The normalized spacial score (nSPS) is 14.1. The second kappa shape index (κ2) is 9.47. The Morgan fingerprint density at radius 1 is 1.19 bits per heavy atom. The first-order valence-electron chi connectivity index (χ1n) is 9.95. The van der Waals surface area contributed by atoms with Crippen LogP contribution < -0.4 is 10.1 Å². The van der Waals surface area contributed by atoms with Crippen molar-refractivity contribution < 1.29 is 27.1 Å². The molecule has 0 aliphatic carbocycles. The van der Waals surface area contributed by atoms with E-state index in [2.05, 4.69) is 5.32 Å². The summed E-state index contributed by atoms with van der Waals surface area (Å²) < 4.78 is 43.2. The Morgan fingerprint density at radius 3 is 2.58 bits per heavy atom. The topological polar surface area (TPSA) is 92.8 Å². The maximum Gasteiger partial charge on any atom is 0.260 e. The fourth-order valence-electron chi connectivity index (χ4n) is 3.19. The van der Waals surface area contributed by atoms with Crippen molar-refractivity contribution in [2.75, 3.05) is 19.7 Å². The summed E-state index contributed by atoms with van der Waals surface area (Å²) in [4.78, 5) is 26.2. The van der Waals surface area contributed by atoms with E-state index in [1.165, 1.54) is 35.2 Å². The zero-order valence-electron chi connectivity index (χ0n) is 17.4. The largest absolute Gasteiger partial charge is 0.483 e. The average Bonchev–Trinajstić information content (AvgIpc) is 2.87. The Kier molecular flexibility index (Phi) is 6.94. The summed E-state index contributed by atoms with van der Waals surface area (Å²) in [5.41, 5.74) is 1.26. The molecule has 0 aromatic heterocycles. The lowest BCUT2D eigenvalue weighted by Crippen LogP contribution is -2.39. The van der Waals surface area contributed by atoms with Gasteiger partial charge in [-0.15, -0.1) is 0 Å². The third kappa shape index (κ3) is 5.61. The zero-order chi connectivity index (χ0) is 22.6. The molecule has 7 nitrogen and oxygen atoms in total. The molecule has 2 aromatic carbocycles. The minimum absolute atomic E-state index is 0.0904. The molecule has 9 heteroatoms. The summed E-state index contributed by atoms with van der Waals surface area (Å²) in [5, 5.41) is 2.24. The van der Waals surface area contributed by atoms with Gasteiger partial charge in [-0.1, -0.05) is 12.1 Å². The van der Waals surface area contributed by atoms with Crippen LogP contribution >= 0.6 is 0 Å². The van der Waals surface area contributed by atoms with Gasteiger partial charge < -0.3 is 15.0 Å². The molecule has 0 radical (unpaired) electrons. The van der Waals surface area contributed by atoms with Crippen LogP contribution in [0.1, 0.15) is 25.0 Å². The Bertz CT molecular complexity index is 1070. The molecule has 1 aliphatic heterocycles. The number of nitrogens with one attached hydrogen (secondary N) is 1. The van der Waals surface area contributed by atoms with Gasteiger partial charge in [-0.3, -0.25) is 9.59 Å². The molecular formula is C22H25FN2O5S. The number of amides is 2. The molecule has 166 valence electrons. The van der Waals surface area contributed by atoms with Gasteiger partial charge >= 0.3 is 0 Å². The molecule has 0 saturated heterocycles. The van der Waals surface area contributed by atoms with Crippen LogP contribution in [0.3, 0.4) is 0 Å². The van der Waals surface area contributed by atoms with E-state index in [1.54, 1.807) is 26.0 Å². The van der Waals surface area contributed by atoms with Gasteiger partial charge in [0.1, 0.15) is 11.6 Å². The van der Waals surface area contributed by atoms with Crippen molar-refractivity contribution in [2.24, 2.45) is 0 Å². The summed E-state index contributed by atoms with van der Waals surface area (Å²) in [6.45, 7) is 3.79. The zero-order valence-corrected chi connectivity index (χ0v) is 18.2. The van der Waals surface area contributed by atoms with E-state index in [0.717, 1.165) is 0 Å². The molecule has 0 spiro atoms. The lowest BCUT2D eigenvalue weighted by molar-refractivity contribution is -0.133. The molecule has 1 N–H and O–H groups in total. The molecule has 2 amide bonds. The van der Waals surface area contributed by atoms with E-state index in [0.29, 0.717) is 16.9 Å². The Hall–Kier alpha value is -2.94. The fraction of sp³-hybridized carbons (Fsp3) is 0.364. The predicted molar refractivity (Wildman–Crippen MR) is 113 cm³/mol. The molecule has 0 fully saturated rings. The number of rotatable bonds is 7. The smallest absolute Gasteiger partial charge is 0.260 e. The first kappa shape index (κ1) is 22.7. The van der Waals surface area contributed by atoms with Crippen LogP contribution in [-0.4, -0.2) is 50.1 Å². The molecule has 0 atom stereocenters. The van der Waals surface area contributed by atoms with Crippen LogP contribution in [0.15, 0.2) is 47.4 Å². The molecule has 0 unspecified atom stereocenters. The van der Waals surface area contributed by atoms with Crippen LogP contribution in [0.25, 0.3) is 0 Å². The molecular weight excluding hydrogens is 423 g/mol. The highest BCUT2D eigenvalue weighted by atomic mass is 32.2. The van der Waals surface area contributed by atoms with Crippen LogP contribution in [-0.2, 0) is 32.4 Å². The van der Waals surface area contributed by atoms with Crippen molar-refractivity contribution >= 4 is 21.7 Å². The van der Waals surface area contributed by atoms with Crippen LogP contribution in [0.5, 0.6) is 5.75 Å². The van der Waals surface area contributed by atoms with Gasteiger partial charge in [-0.25, -0.2) is 12.8 Å². The van der Waals surface area contributed by atoms with Crippen molar-refractivity contribution in [3.05, 3.63) is 59.4 Å². The number of nitrogens with zero attached hydrogens (tertiary/aromatic N) is 1. The van der Waals surface area contributed by atoms with Crippen molar-refractivity contribution in [2.45, 2.75) is 37.0 Å². The monoisotopic (exact) mass is 448 g/mol. The molecule has 0 bridgehead atoms. The number of fused-ring (bicyclic) bond motifs is 1. The third-order valence-corrected chi connectivity index (χ3v) is 7.20. The number of ether oxygens (including phenoxy) is 1. The van der Waals surface area contributed by atoms with Gasteiger partial charge in [0, 0.05) is 25.2 Å². The SMILES string of the molecule is CC(C)S(=O)(=O)c1ccc(CC(=O)NCCN2Cc3cc(F)ccc3OCC2=O)cc1. The summed E-state index contributed by atoms with van der Waals surface area (Å²) in [5.74, 6) is -0.418. The van der Waals surface area contributed by atoms with Gasteiger partial charge in [0.15, 0.2) is 16.4 Å². The highest BCUT2D eigenvalue weighted by Gasteiger charge is 2.22. The van der Waals surface area contributed by atoms with Gasteiger partial charge in [-0.05, 0) is 49.7 Å². The van der Waals surface area contributed by atoms with E-state index in [-0.39, 0.29) is 49.4 Å². The molecule has 3 rings (SSSR count). The van der Waals surface area contributed by atoms with Crippen LogP contribution in [0, 0.1) is 5.82 Å². The number of hydrogen-bond acceptors (Lipinski definition) is 5.